The van der Waals surface area contributed by atoms with E-state index in [9.17, 15) is 0 Å². The van der Waals surface area contributed by atoms with Crippen LogP contribution in [0.3, 0.4) is 0 Å². The number of nitrogen functional groups attached to an aromatic ring is 1. The van der Waals surface area contributed by atoms with Gasteiger partial charge in [0.25, 0.3) is 0 Å². The predicted molar refractivity (Wildman–Crippen MR) is 52.3 cm³/mol. The Morgan fingerprint density at radius 3 is 2.69 bits per heavy atom. The molecule has 0 aromatic carbocycles. The van der Waals surface area contributed by atoms with E-state index in [2.05, 4.69) is 13.7 Å². The molecule has 2 N–H and O–H groups in total. The third-order valence-electron chi connectivity index (χ3n) is 1.70. The van der Waals surface area contributed by atoms with Gasteiger partial charge in [-0.1, -0.05) is 0 Å². The van der Waals surface area contributed by atoms with Crippen LogP contribution in [0, 0.1) is 6.92 Å². The van der Waals surface area contributed by atoms with Crippen LogP contribution in [-0.4, -0.2) is 13.7 Å². The molecule has 0 amide bonds. The molecule has 0 fully saturated rings. The Morgan fingerprint density at radius 2 is 2.15 bits per heavy atom. The molecule has 2 aromatic heterocycles. The lowest BCUT2D eigenvalue weighted by atomic mass is 10.2. The molecule has 0 bridgehead atoms. The van der Waals surface area contributed by atoms with Gasteiger partial charge in [-0.05, 0) is 19.1 Å². The minimum absolute atomic E-state index is 0.468. The van der Waals surface area contributed by atoms with Crippen molar-refractivity contribution in [3.63, 3.8) is 0 Å². The Bertz CT molecular complexity index is 406. The summed E-state index contributed by atoms with van der Waals surface area (Å²) in [5.74, 6) is 0.468. The van der Waals surface area contributed by atoms with Crippen molar-refractivity contribution in [2.24, 2.45) is 0 Å². The van der Waals surface area contributed by atoms with E-state index in [1.165, 1.54) is 0 Å². The standard InChI is InChI=1S/C8H8N4S/c1-5-2-3-6(4-10-5)7-8(9)12-13-11-7/h2-4H,1H3,(H2,9,12). The van der Waals surface area contributed by atoms with Crippen molar-refractivity contribution in [2.45, 2.75) is 6.92 Å². The van der Waals surface area contributed by atoms with E-state index >= 15 is 0 Å². The van der Waals surface area contributed by atoms with Crippen molar-refractivity contribution >= 4 is 17.5 Å². The van der Waals surface area contributed by atoms with Gasteiger partial charge in [0.1, 0.15) is 5.69 Å². The van der Waals surface area contributed by atoms with Crippen LogP contribution in [0.5, 0.6) is 0 Å². The number of anilines is 1. The van der Waals surface area contributed by atoms with E-state index in [1.54, 1.807) is 6.20 Å². The zero-order valence-corrected chi connectivity index (χ0v) is 7.88. The number of pyridine rings is 1. The summed E-state index contributed by atoms with van der Waals surface area (Å²) in [6, 6.07) is 3.86. The molecule has 5 heteroatoms. The summed E-state index contributed by atoms with van der Waals surface area (Å²) in [6.45, 7) is 1.94. The van der Waals surface area contributed by atoms with Crippen LogP contribution in [0.2, 0.25) is 0 Å². The van der Waals surface area contributed by atoms with Crippen LogP contribution < -0.4 is 5.73 Å². The Hall–Kier alpha value is -1.49. The van der Waals surface area contributed by atoms with Crippen molar-refractivity contribution in [1.82, 2.24) is 13.7 Å². The lowest BCUT2D eigenvalue weighted by molar-refractivity contribution is 1.20. The van der Waals surface area contributed by atoms with Crippen LogP contribution in [-0.2, 0) is 0 Å². The largest absolute Gasteiger partial charge is 0.381 e. The molecular weight excluding hydrogens is 184 g/mol. The fraction of sp³-hybridized carbons (Fsp3) is 0.125. The number of aromatic nitrogens is 3. The van der Waals surface area contributed by atoms with E-state index < -0.39 is 0 Å². The number of hydrogen-bond acceptors (Lipinski definition) is 5. The molecule has 0 saturated carbocycles. The van der Waals surface area contributed by atoms with Gasteiger partial charge in [0.2, 0.25) is 0 Å². The van der Waals surface area contributed by atoms with Crippen LogP contribution in [0.15, 0.2) is 18.3 Å². The first kappa shape index (κ1) is 8.12. The zero-order valence-electron chi connectivity index (χ0n) is 7.06. The number of aryl methyl sites for hydroxylation is 1. The second-order valence-electron chi connectivity index (χ2n) is 2.69. The SMILES string of the molecule is Cc1ccc(-c2nsnc2N)cn1. The van der Waals surface area contributed by atoms with Gasteiger partial charge in [0.15, 0.2) is 5.82 Å². The zero-order chi connectivity index (χ0) is 9.26. The maximum atomic E-state index is 5.62. The lowest BCUT2D eigenvalue weighted by Crippen LogP contribution is -1.89. The molecule has 0 saturated heterocycles. The van der Waals surface area contributed by atoms with Crippen molar-refractivity contribution in [3.8, 4) is 11.3 Å². The molecule has 13 heavy (non-hydrogen) atoms. The molecule has 4 nitrogen and oxygen atoms in total. The van der Waals surface area contributed by atoms with Crippen LogP contribution >= 0.6 is 11.7 Å². The van der Waals surface area contributed by atoms with Crippen LogP contribution in [0.1, 0.15) is 5.69 Å². The predicted octanol–water partition coefficient (Wildman–Crippen LogP) is 1.49. The summed E-state index contributed by atoms with van der Waals surface area (Å²) in [4.78, 5) is 4.16. The summed E-state index contributed by atoms with van der Waals surface area (Å²) in [6.07, 6.45) is 1.75. The molecule has 0 aliphatic rings. The molecule has 0 aliphatic heterocycles. The molecule has 66 valence electrons. The highest BCUT2D eigenvalue weighted by Gasteiger charge is 2.06. The fourth-order valence-electron chi connectivity index (χ4n) is 1.00. The monoisotopic (exact) mass is 192 g/mol. The Kier molecular flexibility index (Phi) is 1.94. The van der Waals surface area contributed by atoms with Gasteiger partial charge in [-0.2, -0.15) is 8.75 Å². The summed E-state index contributed by atoms with van der Waals surface area (Å²) >= 11 is 1.11. The maximum Gasteiger partial charge on any atom is 0.165 e. The fourth-order valence-corrected chi connectivity index (χ4v) is 1.50. The van der Waals surface area contributed by atoms with E-state index in [-0.39, 0.29) is 0 Å². The Morgan fingerprint density at radius 1 is 1.31 bits per heavy atom. The Balaban J connectivity index is 2.47. The van der Waals surface area contributed by atoms with Crippen molar-refractivity contribution in [2.75, 3.05) is 5.73 Å². The van der Waals surface area contributed by atoms with E-state index in [0.717, 1.165) is 28.7 Å². The smallest absolute Gasteiger partial charge is 0.165 e. The molecule has 0 aliphatic carbocycles. The first-order chi connectivity index (χ1) is 6.27. The maximum absolute atomic E-state index is 5.62. The molecule has 2 rings (SSSR count). The number of hydrogen-bond donors (Lipinski definition) is 1. The van der Waals surface area contributed by atoms with Crippen molar-refractivity contribution < 1.29 is 0 Å². The molecule has 2 heterocycles. The minimum Gasteiger partial charge on any atom is -0.381 e. The third kappa shape index (κ3) is 1.50. The van der Waals surface area contributed by atoms with Crippen LogP contribution in [0.25, 0.3) is 11.3 Å². The quantitative estimate of drug-likeness (QED) is 0.743. The van der Waals surface area contributed by atoms with Gasteiger partial charge >= 0.3 is 0 Å². The average molecular weight is 192 g/mol. The molecule has 0 atom stereocenters. The minimum atomic E-state index is 0.468. The second kappa shape index (κ2) is 3.10. The lowest BCUT2D eigenvalue weighted by Gasteiger charge is -1.96. The molecule has 0 radical (unpaired) electrons. The molecule has 0 unspecified atom stereocenters. The van der Waals surface area contributed by atoms with E-state index in [4.69, 9.17) is 5.73 Å². The van der Waals surface area contributed by atoms with Crippen molar-refractivity contribution in [3.05, 3.63) is 24.0 Å². The van der Waals surface area contributed by atoms with E-state index in [0.29, 0.717) is 5.82 Å². The van der Waals surface area contributed by atoms with Crippen LogP contribution in [0.4, 0.5) is 5.82 Å². The summed E-state index contributed by atoms with van der Waals surface area (Å²) in [5, 5.41) is 0. The molecule has 0 spiro atoms. The summed E-state index contributed by atoms with van der Waals surface area (Å²) < 4.78 is 7.98. The number of rotatable bonds is 1. The first-order valence-corrected chi connectivity index (χ1v) is 4.51. The van der Waals surface area contributed by atoms with Gasteiger partial charge in [-0.3, -0.25) is 4.98 Å². The topological polar surface area (TPSA) is 64.7 Å². The van der Waals surface area contributed by atoms with Gasteiger partial charge < -0.3 is 5.73 Å². The van der Waals surface area contributed by atoms with Gasteiger partial charge in [-0.25, -0.2) is 0 Å². The van der Waals surface area contributed by atoms with Gasteiger partial charge in [0, 0.05) is 17.5 Å². The highest BCUT2D eigenvalue weighted by Crippen LogP contribution is 2.22. The summed E-state index contributed by atoms with van der Waals surface area (Å²) in [5.41, 5.74) is 8.23. The van der Waals surface area contributed by atoms with Gasteiger partial charge in [-0.15, -0.1) is 0 Å². The number of nitrogens with two attached hydrogens (primary N) is 1. The highest BCUT2D eigenvalue weighted by molar-refractivity contribution is 6.99. The Labute approximate surface area is 79.8 Å². The third-order valence-corrected chi connectivity index (χ3v) is 2.24. The van der Waals surface area contributed by atoms with Crippen molar-refractivity contribution in [1.29, 1.82) is 0 Å². The first-order valence-electron chi connectivity index (χ1n) is 3.78. The highest BCUT2D eigenvalue weighted by atomic mass is 32.1. The average Bonchev–Trinajstić information content (AvgIpc) is 2.53. The van der Waals surface area contributed by atoms with Gasteiger partial charge in [0.05, 0.1) is 11.7 Å². The molecule has 2 aromatic rings. The number of nitrogens with zero attached hydrogens (tertiary/aromatic N) is 3. The second-order valence-corrected chi connectivity index (χ2v) is 3.21. The van der Waals surface area contributed by atoms with E-state index in [1.807, 2.05) is 19.1 Å². The summed E-state index contributed by atoms with van der Waals surface area (Å²) in [7, 11) is 0. The normalized spacial score (nSPS) is 10.2. The molecular formula is C8H8N4S.